The Morgan fingerprint density at radius 1 is 1.10 bits per heavy atom. The number of ether oxygens (including phenoxy) is 1. The number of methoxy groups -OCH3 is 1. The van der Waals surface area contributed by atoms with Crippen LogP contribution in [0.15, 0.2) is 42.5 Å². The van der Waals surface area contributed by atoms with Gasteiger partial charge in [0.15, 0.2) is 10.9 Å². The van der Waals surface area contributed by atoms with Gasteiger partial charge in [-0.2, -0.15) is 0 Å². The van der Waals surface area contributed by atoms with Gasteiger partial charge in [0.2, 0.25) is 5.91 Å². The summed E-state index contributed by atoms with van der Waals surface area (Å²) in [6.45, 7) is 0. The molecule has 0 aliphatic carbocycles. The minimum absolute atomic E-state index is 0.153. The number of hydrogen-bond donors (Lipinski definition) is 1. The second-order valence-corrected chi connectivity index (χ2v) is 9.93. The van der Waals surface area contributed by atoms with Crippen molar-refractivity contribution in [3.05, 3.63) is 53.6 Å². The van der Waals surface area contributed by atoms with Crippen molar-refractivity contribution >= 4 is 46.0 Å². The van der Waals surface area contributed by atoms with E-state index in [1.807, 2.05) is 24.3 Å². The number of Topliss-reactive ketones (excluding diaryl/α,β-unsaturated/α-hetero) is 1. The van der Waals surface area contributed by atoms with Crippen LogP contribution in [0.1, 0.15) is 22.3 Å². The largest absolute Gasteiger partial charge is 0.496 e. The number of anilines is 1. The quantitative estimate of drug-likeness (QED) is 0.348. The van der Waals surface area contributed by atoms with E-state index in [9.17, 15) is 14.2 Å². The standard InChI is InChI=1S/C21H23N2O6PS/c1-27-18-12-14(8-10-15(18)17(24)13-30(26,28-2)29-3)9-11-20(25)23-21-22-16-6-4-5-7-19(16)31-21/h4-8,10,12H,9,11,13H2,1-3H3,(H,22,23,25). The molecule has 1 heterocycles. The first-order valence-corrected chi connectivity index (χ1v) is 12.0. The van der Waals surface area contributed by atoms with Crippen molar-refractivity contribution < 1.29 is 27.9 Å². The second-order valence-electron chi connectivity index (χ2n) is 6.63. The molecule has 0 aliphatic heterocycles. The lowest BCUT2D eigenvalue weighted by Gasteiger charge is -2.14. The number of carbonyl (C=O) groups excluding carboxylic acids is 2. The number of aromatic nitrogens is 1. The van der Waals surface area contributed by atoms with Crippen molar-refractivity contribution in [3.8, 4) is 5.75 Å². The molecule has 3 aromatic rings. The Balaban J connectivity index is 1.63. The van der Waals surface area contributed by atoms with E-state index in [4.69, 9.17) is 13.8 Å². The number of amides is 1. The van der Waals surface area contributed by atoms with Crippen LogP contribution in [0.4, 0.5) is 5.13 Å². The molecule has 2 aromatic carbocycles. The van der Waals surface area contributed by atoms with E-state index in [1.165, 1.54) is 32.7 Å². The molecule has 0 atom stereocenters. The average Bonchev–Trinajstić information content (AvgIpc) is 3.19. The number of hydrogen-bond acceptors (Lipinski definition) is 8. The van der Waals surface area contributed by atoms with Crippen molar-refractivity contribution in [2.45, 2.75) is 12.8 Å². The summed E-state index contributed by atoms with van der Waals surface area (Å²) < 4.78 is 28.2. The van der Waals surface area contributed by atoms with Gasteiger partial charge in [0, 0.05) is 20.6 Å². The fourth-order valence-electron chi connectivity index (χ4n) is 2.95. The molecule has 0 saturated carbocycles. The minimum Gasteiger partial charge on any atom is -0.496 e. The first kappa shape index (κ1) is 23.1. The Morgan fingerprint density at radius 3 is 2.52 bits per heavy atom. The van der Waals surface area contributed by atoms with Crippen LogP contribution >= 0.6 is 18.9 Å². The van der Waals surface area contributed by atoms with Crippen molar-refractivity contribution in [2.75, 3.05) is 32.8 Å². The summed E-state index contributed by atoms with van der Waals surface area (Å²) in [5, 5.41) is 3.38. The summed E-state index contributed by atoms with van der Waals surface area (Å²) in [6.07, 6.45) is 0.311. The summed E-state index contributed by atoms with van der Waals surface area (Å²) in [5.41, 5.74) is 1.95. The Kier molecular flexibility index (Phi) is 7.56. The number of ketones is 1. The highest BCUT2D eigenvalue weighted by atomic mass is 32.1. The van der Waals surface area contributed by atoms with Gasteiger partial charge in [0.1, 0.15) is 11.9 Å². The topological polar surface area (TPSA) is 104 Å². The number of nitrogens with one attached hydrogen (secondary N) is 1. The highest BCUT2D eigenvalue weighted by Gasteiger charge is 2.27. The number of fused-ring (bicyclic) bond motifs is 1. The molecule has 164 valence electrons. The Labute approximate surface area is 184 Å². The van der Waals surface area contributed by atoms with Crippen LogP contribution in [0, 0.1) is 0 Å². The number of carbonyl (C=O) groups is 2. The number of para-hydroxylation sites is 1. The smallest absolute Gasteiger partial charge is 0.337 e. The summed E-state index contributed by atoms with van der Waals surface area (Å²) in [6, 6.07) is 12.7. The molecule has 0 saturated heterocycles. The third kappa shape index (κ3) is 5.77. The minimum atomic E-state index is -3.48. The van der Waals surface area contributed by atoms with E-state index in [0.29, 0.717) is 17.3 Å². The van der Waals surface area contributed by atoms with Crippen LogP contribution in [0.3, 0.4) is 0 Å². The van der Waals surface area contributed by atoms with Crippen molar-refractivity contribution in [2.24, 2.45) is 0 Å². The molecule has 1 amide bonds. The zero-order chi connectivity index (χ0) is 22.4. The lowest BCUT2D eigenvalue weighted by atomic mass is 10.0. The lowest BCUT2D eigenvalue weighted by Crippen LogP contribution is -2.12. The molecule has 0 radical (unpaired) electrons. The number of benzene rings is 2. The van der Waals surface area contributed by atoms with E-state index in [1.54, 1.807) is 18.2 Å². The van der Waals surface area contributed by atoms with Crippen LogP contribution in [-0.2, 0) is 24.8 Å². The monoisotopic (exact) mass is 462 g/mol. The van der Waals surface area contributed by atoms with Gasteiger partial charge in [0.05, 0.1) is 22.9 Å². The number of nitrogens with zero attached hydrogens (tertiary/aromatic N) is 1. The summed E-state index contributed by atoms with van der Waals surface area (Å²) in [4.78, 5) is 29.3. The van der Waals surface area contributed by atoms with E-state index in [2.05, 4.69) is 10.3 Å². The highest BCUT2D eigenvalue weighted by molar-refractivity contribution is 7.54. The summed E-state index contributed by atoms with van der Waals surface area (Å²) >= 11 is 1.42. The molecular formula is C21H23N2O6PS. The Hall–Kier alpha value is -2.58. The fourth-order valence-corrected chi connectivity index (χ4v) is 4.76. The third-order valence-corrected chi connectivity index (χ3v) is 7.38. The Bertz CT molecular complexity index is 1100. The van der Waals surface area contributed by atoms with Crippen molar-refractivity contribution in [1.82, 2.24) is 4.98 Å². The van der Waals surface area contributed by atoms with Gasteiger partial charge in [-0.3, -0.25) is 14.2 Å². The molecule has 10 heteroatoms. The molecule has 31 heavy (non-hydrogen) atoms. The van der Waals surface area contributed by atoms with Crippen molar-refractivity contribution in [3.63, 3.8) is 0 Å². The van der Waals surface area contributed by atoms with Gasteiger partial charge in [-0.05, 0) is 36.2 Å². The normalized spacial score (nSPS) is 11.5. The molecule has 0 bridgehead atoms. The van der Waals surface area contributed by atoms with Crippen LogP contribution in [0.5, 0.6) is 5.75 Å². The number of thiazole rings is 1. The zero-order valence-corrected chi connectivity index (χ0v) is 19.1. The molecule has 0 aliphatic rings. The fraction of sp³-hybridized carbons (Fsp3) is 0.286. The molecule has 3 rings (SSSR count). The maximum absolute atomic E-state index is 12.5. The maximum atomic E-state index is 12.5. The molecule has 0 unspecified atom stereocenters. The van der Waals surface area contributed by atoms with Crippen LogP contribution in [-0.4, -0.2) is 44.2 Å². The average molecular weight is 462 g/mol. The van der Waals surface area contributed by atoms with E-state index in [0.717, 1.165) is 15.8 Å². The zero-order valence-electron chi connectivity index (χ0n) is 17.4. The van der Waals surface area contributed by atoms with E-state index >= 15 is 0 Å². The molecule has 1 aromatic heterocycles. The molecule has 0 spiro atoms. The van der Waals surface area contributed by atoms with Gasteiger partial charge in [-0.15, -0.1) is 0 Å². The van der Waals surface area contributed by atoms with Gasteiger partial charge >= 0.3 is 7.60 Å². The van der Waals surface area contributed by atoms with Gasteiger partial charge in [-0.25, -0.2) is 4.98 Å². The van der Waals surface area contributed by atoms with Crippen LogP contribution in [0.2, 0.25) is 0 Å². The van der Waals surface area contributed by atoms with Crippen LogP contribution in [0.25, 0.3) is 10.2 Å². The molecule has 1 N–H and O–H groups in total. The van der Waals surface area contributed by atoms with Crippen LogP contribution < -0.4 is 10.1 Å². The SMILES string of the molecule is COc1cc(CCC(=O)Nc2nc3ccccc3s2)ccc1C(=O)CP(=O)(OC)OC. The van der Waals surface area contributed by atoms with E-state index in [-0.39, 0.29) is 24.1 Å². The first-order chi connectivity index (χ1) is 14.9. The summed E-state index contributed by atoms with van der Waals surface area (Å²) in [5.74, 6) is -0.226. The maximum Gasteiger partial charge on any atom is 0.337 e. The lowest BCUT2D eigenvalue weighted by molar-refractivity contribution is -0.116. The second kappa shape index (κ2) is 10.2. The predicted octanol–water partition coefficient (Wildman–Crippen LogP) is 4.54. The molecular weight excluding hydrogens is 439 g/mol. The first-order valence-electron chi connectivity index (χ1n) is 9.43. The molecule has 0 fully saturated rings. The molecule has 8 nitrogen and oxygen atoms in total. The Morgan fingerprint density at radius 2 is 1.84 bits per heavy atom. The van der Waals surface area contributed by atoms with E-state index < -0.39 is 13.4 Å². The van der Waals surface area contributed by atoms with Gasteiger partial charge < -0.3 is 19.1 Å². The van der Waals surface area contributed by atoms with Gasteiger partial charge in [-0.1, -0.05) is 29.5 Å². The number of aryl methyl sites for hydroxylation is 1. The third-order valence-electron chi connectivity index (χ3n) is 4.64. The van der Waals surface area contributed by atoms with Gasteiger partial charge in [0.25, 0.3) is 0 Å². The van der Waals surface area contributed by atoms with Crippen molar-refractivity contribution in [1.29, 1.82) is 0 Å². The highest BCUT2D eigenvalue weighted by Crippen LogP contribution is 2.47. The number of rotatable bonds is 10. The predicted molar refractivity (Wildman–Crippen MR) is 120 cm³/mol. The summed E-state index contributed by atoms with van der Waals surface area (Å²) in [7, 11) is 0.435.